The van der Waals surface area contributed by atoms with Gasteiger partial charge < -0.3 is 24.3 Å². The summed E-state index contributed by atoms with van der Waals surface area (Å²) in [6.45, 7) is 4.18. The van der Waals surface area contributed by atoms with Gasteiger partial charge >= 0.3 is 18.0 Å². The van der Waals surface area contributed by atoms with Crippen molar-refractivity contribution in [2.75, 3.05) is 18.8 Å². The molecule has 10 nitrogen and oxygen atoms in total. The van der Waals surface area contributed by atoms with Crippen LogP contribution in [0.5, 0.6) is 0 Å². The van der Waals surface area contributed by atoms with Crippen LogP contribution in [-0.2, 0) is 35.1 Å². The van der Waals surface area contributed by atoms with E-state index in [0.717, 1.165) is 37.0 Å². The maximum atomic E-state index is 13.3. The zero-order valence-corrected chi connectivity index (χ0v) is 26.9. The molecule has 2 heterocycles. The van der Waals surface area contributed by atoms with Crippen LogP contribution in [0.25, 0.3) is 0 Å². The molecule has 2 aromatic rings. The molecule has 45 heavy (non-hydrogen) atoms. The highest BCUT2D eigenvalue weighted by molar-refractivity contribution is 7.99. The summed E-state index contributed by atoms with van der Waals surface area (Å²) in [6, 6.07) is 17.4. The minimum absolute atomic E-state index is 0.130. The fraction of sp³-hybridized carbons (Fsp3) is 0.529. The Hall–Kier alpha value is -3.57. The Labute approximate surface area is 269 Å². The molecule has 2 aliphatic rings. The molecule has 0 radical (unpaired) electrons. The summed E-state index contributed by atoms with van der Waals surface area (Å²) < 4.78 is 23.5. The number of rotatable bonds is 14. The lowest BCUT2D eigenvalue weighted by Crippen LogP contribution is -2.54. The number of amides is 2. The van der Waals surface area contributed by atoms with Crippen LogP contribution >= 0.6 is 11.8 Å². The molecule has 5 atom stereocenters. The predicted molar refractivity (Wildman–Crippen MR) is 170 cm³/mol. The topological polar surface area (TPSA) is 120 Å². The maximum absolute atomic E-state index is 13.3. The zero-order chi connectivity index (χ0) is 32.0. The largest absolute Gasteiger partial charge is 0.458 e. The van der Waals surface area contributed by atoms with Gasteiger partial charge in [-0.3, -0.25) is 14.5 Å². The number of benzene rings is 2. The molecular formula is C34H44N2O8S. The first-order valence-electron chi connectivity index (χ1n) is 15.8. The van der Waals surface area contributed by atoms with Crippen LogP contribution in [0.2, 0.25) is 0 Å². The van der Waals surface area contributed by atoms with E-state index in [9.17, 15) is 19.2 Å². The molecule has 1 N–H and O–H groups in total. The van der Waals surface area contributed by atoms with Crippen molar-refractivity contribution in [3.05, 3.63) is 71.8 Å². The summed E-state index contributed by atoms with van der Waals surface area (Å²) in [5.41, 5.74) is 0.659. The van der Waals surface area contributed by atoms with Crippen molar-refractivity contribution in [1.29, 1.82) is 0 Å². The first-order valence-corrected chi connectivity index (χ1v) is 16.9. The molecular weight excluding hydrogens is 596 g/mol. The quantitative estimate of drug-likeness (QED) is 0.162. The Morgan fingerprint density at radius 2 is 1.71 bits per heavy atom. The normalized spacial score (nSPS) is 22.8. The molecule has 2 aliphatic heterocycles. The lowest BCUT2D eigenvalue weighted by molar-refractivity contribution is -0.176. The lowest BCUT2D eigenvalue weighted by atomic mass is 10.0. The van der Waals surface area contributed by atoms with Crippen LogP contribution in [0.1, 0.15) is 74.7 Å². The average molecular weight is 641 g/mol. The van der Waals surface area contributed by atoms with Crippen LogP contribution in [0.3, 0.4) is 0 Å². The van der Waals surface area contributed by atoms with Crippen molar-refractivity contribution in [2.45, 2.75) is 95.2 Å². The van der Waals surface area contributed by atoms with Crippen LogP contribution in [0, 0.1) is 0 Å². The smallest absolute Gasteiger partial charge is 0.410 e. The number of carbonyl (C=O) groups excluding carboxylic acids is 4. The molecule has 11 heteroatoms. The van der Waals surface area contributed by atoms with E-state index in [1.807, 2.05) is 36.4 Å². The van der Waals surface area contributed by atoms with Gasteiger partial charge in [-0.15, -0.1) is 11.8 Å². The van der Waals surface area contributed by atoms with Gasteiger partial charge in [0.25, 0.3) is 0 Å². The number of unbranched alkanes of at least 4 members (excludes halogenated alkanes) is 3. The van der Waals surface area contributed by atoms with Gasteiger partial charge in [-0.1, -0.05) is 74.7 Å². The maximum Gasteiger partial charge on any atom is 0.410 e. The predicted octanol–water partition coefficient (Wildman–Crippen LogP) is 5.49. The summed E-state index contributed by atoms with van der Waals surface area (Å²) in [7, 11) is 0. The third kappa shape index (κ3) is 10.5. The number of nitrogens with one attached hydrogen (secondary N) is 1. The fourth-order valence-corrected chi connectivity index (χ4v) is 6.76. The Balaban J connectivity index is 1.39. The van der Waals surface area contributed by atoms with Crippen LogP contribution < -0.4 is 5.32 Å². The van der Waals surface area contributed by atoms with Crippen LogP contribution in [0.4, 0.5) is 4.79 Å². The number of hydrogen-bond donors (Lipinski definition) is 1. The molecule has 4 rings (SSSR count). The van der Waals surface area contributed by atoms with E-state index in [-0.39, 0.29) is 25.5 Å². The Kier molecular flexibility index (Phi) is 13.6. The number of likely N-dealkylation sites (tertiary alicyclic amines) is 1. The fourth-order valence-electron chi connectivity index (χ4n) is 5.50. The second kappa shape index (κ2) is 17.8. The average Bonchev–Trinajstić information content (AvgIpc) is 3.55. The summed E-state index contributed by atoms with van der Waals surface area (Å²) in [5.74, 6) is -0.533. The van der Waals surface area contributed by atoms with E-state index in [2.05, 4.69) is 12.2 Å². The summed E-state index contributed by atoms with van der Waals surface area (Å²) in [5, 5.41) is 2.94. The second-order valence-electron chi connectivity index (χ2n) is 11.3. The number of nitrogens with zero attached hydrogens (tertiary/aromatic N) is 1. The molecule has 2 amide bonds. The molecule has 5 unspecified atom stereocenters. The van der Waals surface area contributed by atoms with Gasteiger partial charge in [0.15, 0.2) is 6.10 Å². The van der Waals surface area contributed by atoms with Gasteiger partial charge in [0, 0.05) is 26.4 Å². The Morgan fingerprint density at radius 1 is 0.978 bits per heavy atom. The molecule has 0 aromatic heterocycles. The van der Waals surface area contributed by atoms with Crippen molar-refractivity contribution in [2.24, 2.45) is 0 Å². The highest BCUT2D eigenvalue weighted by Gasteiger charge is 2.44. The molecule has 0 saturated carbocycles. The SMILES string of the molecule is CCCCCCSC1OC(CNC(=O)C2CCCN2C(=O)OCc2ccccc2)CC(OC(C)=O)C1OC(=O)c1ccccc1. The van der Waals surface area contributed by atoms with E-state index in [1.165, 1.54) is 23.6 Å². The van der Waals surface area contributed by atoms with E-state index >= 15 is 0 Å². The van der Waals surface area contributed by atoms with Gasteiger partial charge in [-0.25, -0.2) is 9.59 Å². The first kappa shape index (κ1) is 34.3. The van der Waals surface area contributed by atoms with Gasteiger partial charge in [0.1, 0.15) is 24.2 Å². The van der Waals surface area contributed by atoms with Gasteiger partial charge in [0.05, 0.1) is 11.7 Å². The second-order valence-corrected chi connectivity index (χ2v) is 12.5. The lowest BCUT2D eigenvalue weighted by Gasteiger charge is -2.40. The molecule has 244 valence electrons. The van der Waals surface area contributed by atoms with Crippen molar-refractivity contribution in [1.82, 2.24) is 10.2 Å². The highest BCUT2D eigenvalue weighted by Crippen LogP contribution is 2.33. The number of thioether (sulfide) groups is 1. The van der Waals surface area contributed by atoms with E-state index < -0.39 is 47.8 Å². The summed E-state index contributed by atoms with van der Waals surface area (Å²) in [4.78, 5) is 52.7. The van der Waals surface area contributed by atoms with Crippen molar-refractivity contribution < 1.29 is 38.1 Å². The van der Waals surface area contributed by atoms with Crippen LogP contribution in [-0.4, -0.2) is 77.5 Å². The molecule has 0 aliphatic carbocycles. The Bertz CT molecular complexity index is 1250. The van der Waals surface area contributed by atoms with E-state index in [4.69, 9.17) is 18.9 Å². The van der Waals surface area contributed by atoms with Crippen molar-refractivity contribution in [3.8, 4) is 0 Å². The molecule has 2 saturated heterocycles. The molecule has 2 fully saturated rings. The monoisotopic (exact) mass is 640 g/mol. The number of ether oxygens (including phenoxy) is 4. The zero-order valence-electron chi connectivity index (χ0n) is 26.1. The van der Waals surface area contributed by atoms with Gasteiger partial charge in [-0.05, 0) is 42.7 Å². The molecule has 0 spiro atoms. The minimum Gasteiger partial charge on any atom is -0.458 e. The summed E-state index contributed by atoms with van der Waals surface area (Å²) >= 11 is 1.52. The van der Waals surface area contributed by atoms with Crippen molar-refractivity contribution >= 4 is 35.7 Å². The molecule has 0 bridgehead atoms. The molecule has 2 aromatic carbocycles. The standard InChI is InChI=1S/C34H44N2O8S/c1-3-4-5-12-20-45-33-30(44-32(39)26-16-10-7-11-17-26)29(42-24(2)37)21-27(43-33)22-35-31(38)28-18-13-19-36(28)34(40)41-23-25-14-8-6-9-15-25/h6-11,14-17,27-30,33H,3-5,12-13,18-23H2,1-2H3,(H,35,38). The van der Waals surface area contributed by atoms with Gasteiger partial charge in [-0.2, -0.15) is 0 Å². The van der Waals surface area contributed by atoms with E-state index in [0.29, 0.717) is 24.9 Å². The highest BCUT2D eigenvalue weighted by atomic mass is 32.2. The minimum atomic E-state index is -0.825. The number of hydrogen-bond acceptors (Lipinski definition) is 9. The third-order valence-corrected chi connectivity index (χ3v) is 9.04. The Morgan fingerprint density at radius 3 is 2.42 bits per heavy atom. The van der Waals surface area contributed by atoms with Crippen LogP contribution in [0.15, 0.2) is 60.7 Å². The summed E-state index contributed by atoms with van der Waals surface area (Å²) in [6.07, 6.45) is 3.12. The third-order valence-electron chi connectivity index (χ3n) is 7.81. The van der Waals surface area contributed by atoms with Crippen molar-refractivity contribution in [3.63, 3.8) is 0 Å². The first-order chi connectivity index (χ1) is 21.9. The number of esters is 2. The van der Waals surface area contributed by atoms with E-state index in [1.54, 1.807) is 24.3 Å². The van der Waals surface area contributed by atoms with Gasteiger partial charge in [0.2, 0.25) is 5.91 Å². The number of carbonyl (C=O) groups is 4.